The van der Waals surface area contributed by atoms with Gasteiger partial charge in [-0.3, -0.25) is 0 Å². The van der Waals surface area contributed by atoms with Gasteiger partial charge < -0.3 is 0 Å². The van der Waals surface area contributed by atoms with Crippen LogP contribution in [-0.2, 0) is 6.42 Å². The van der Waals surface area contributed by atoms with Crippen molar-refractivity contribution in [3.05, 3.63) is 74.0 Å². The highest BCUT2D eigenvalue weighted by Crippen LogP contribution is 2.33. The molecule has 0 radical (unpaired) electrons. The fourth-order valence-corrected chi connectivity index (χ4v) is 3.84. The van der Waals surface area contributed by atoms with Gasteiger partial charge in [0.25, 0.3) is 0 Å². The van der Waals surface area contributed by atoms with Crippen molar-refractivity contribution in [1.29, 1.82) is 0 Å². The van der Waals surface area contributed by atoms with Gasteiger partial charge in [0.05, 0.1) is 10.7 Å². The molecule has 1 aromatic heterocycles. The van der Waals surface area contributed by atoms with Crippen molar-refractivity contribution in [3.8, 4) is 11.3 Å². The van der Waals surface area contributed by atoms with E-state index < -0.39 is 0 Å². The molecule has 3 rings (SSSR count). The van der Waals surface area contributed by atoms with Gasteiger partial charge in [0, 0.05) is 21.3 Å². The molecule has 21 heavy (non-hydrogen) atoms. The summed E-state index contributed by atoms with van der Waals surface area (Å²) in [7, 11) is 0. The van der Waals surface area contributed by atoms with Gasteiger partial charge in [0.2, 0.25) is 0 Å². The standard InChI is InChI=1S/C18H16BrNS/c1-12-7-3-4-8-14(12)11-17-20-18(13(2)21-17)15-9-5-6-10-16(15)19/h3-10H,11H2,1-2H3. The molecule has 1 heterocycles. The average molecular weight is 358 g/mol. The quantitative estimate of drug-likeness (QED) is 0.578. The number of benzene rings is 2. The Morgan fingerprint density at radius 2 is 1.71 bits per heavy atom. The number of nitrogens with zero attached hydrogens (tertiary/aromatic N) is 1. The van der Waals surface area contributed by atoms with Gasteiger partial charge in [-0.2, -0.15) is 0 Å². The predicted molar refractivity (Wildman–Crippen MR) is 94.0 cm³/mol. The van der Waals surface area contributed by atoms with Crippen LogP contribution in [-0.4, -0.2) is 4.98 Å². The first-order valence-corrected chi connectivity index (χ1v) is 8.52. The van der Waals surface area contributed by atoms with Gasteiger partial charge in [0.15, 0.2) is 0 Å². The van der Waals surface area contributed by atoms with Crippen LogP contribution in [0, 0.1) is 13.8 Å². The lowest BCUT2D eigenvalue weighted by molar-refractivity contribution is 1.11. The molecule has 0 atom stereocenters. The molecule has 0 aliphatic rings. The lowest BCUT2D eigenvalue weighted by Crippen LogP contribution is -1.91. The molecule has 0 aliphatic heterocycles. The Balaban J connectivity index is 1.96. The van der Waals surface area contributed by atoms with Crippen molar-refractivity contribution >= 4 is 27.3 Å². The highest BCUT2D eigenvalue weighted by atomic mass is 79.9. The highest BCUT2D eigenvalue weighted by molar-refractivity contribution is 9.10. The van der Waals surface area contributed by atoms with Crippen LogP contribution in [0.15, 0.2) is 53.0 Å². The molecule has 0 amide bonds. The molecule has 0 N–H and O–H groups in total. The van der Waals surface area contributed by atoms with E-state index in [-0.39, 0.29) is 0 Å². The second kappa shape index (κ2) is 6.12. The monoisotopic (exact) mass is 357 g/mol. The zero-order valence-corrected chi connectivity index (χ0v) is 14.5. The SMILES string of the molecule is Cc1ccccc1Cc1nc(-c2ccccc2Br)c(C)s1. The van der Waals surface area contributed by atoms with E-state index in [4.69, 9.17) is 4.98 Å². The summed E-state index contributed by atoms with van der Waals surface area (Å²) in [5.74, 6) is 0. The number of thiazole rings is 1. The van der Waals surface area contributed by atoms with E-state index in [2.05, 4.69) is 72.2 Å². The number of rotatable bonds is 3. The zero-order chi connectivity index (χ0) is 14.8. The van der Waals surface area contributed by atoms with Crippen LogP contribution >= 0.6 is 27.3 Å². The Morgan fingerprint density at radius 1 is 1.00 bits per heavy atom. The maximum atomic E-state index is 4.87. The summed E-state index contributed by atoms with van der Waals surface area (Å²) >= 11 is 5.41. The van der Waals surface area contributed by atoms with Crippen LogP contribution < -0.4 is 0 Å². The molecule has 1 nitrogen and oxygen atoms in total. The van der Waals surface area contributed by atoms with Crippen molar-refractivity contribution in [3.63, 3.8) is 0 Å². The summed E-state index contributed by atoms with van der Waals surface area (Å²) in [6.07, 6.45) is 0.905. The third-order valence-corrected chi connectivity index (χ3v) is 5.24. The third kappa shape index (κ3) is 3.09. The van der Waals surface area contributed by atoms with Crippen molar-refractivity contribution in [2.75, 3.05) is 0 Å². The average Bonchev–Trinajstić information content (AvgIpc) is 2.83. The summed E-state index contributed by atoms with van der Waals surface area (Å²) in [5.41, 5.74) is 4.94. The normalized spacial score (nSPS) is 10.8. The first-order valence-electron chi connectivity index (χ1n) is 6.91. The molecule has 3 heteroatoms. The Kier molecular flexibility index (Phi) is 4.22. The molecule has 2 aromatic carbocycles. The second-order valence-electron chi connectivity index (χ2n) is 5.10. The van der Waals surface area contributed by atoms with Crippen molar-refractivity contribution in [1.82, 2.24) is 4.98 Å². The molecular weight excluding hydrogens is 342 g/mol. The molecule has 0 aliphatic carbocycles. The van der Waals surface area contributed by atoms with E-state index in [9.17, 15) is 0 Å². The lowest BCUT2D eigenvalue weighted by Gasteiger charge is -2.03. The molecule has 3 aromatic rings. The Hall–Kier alpha value is -1.45. The van der Waals surface area contributed by atoms with Crippen molar-refractivity contribution in [2.24, 2.45) is 0 Å². The van der Waals surface area contributed by atoms with Gasteiger partial charge in [0.1, 0.15) is 0 Å². The first-order chi connectivity index (χ1) is 10.1. The number of halogens is 1. The van der Waals surface area contributed by atoms with E-state index in [0.717, 1.165) is 16.6 Å². The lowest BCUT2D eigenvalue weighted by atomic mass is 10.1. The highest BCUT2D eigenvalue weighted by Gasteiger charge is 2.12. The van der Waals surface area contributed by atoms with Gasteiger partial charge in [-0.05, 0) is 31.0 Å². The van der Waals surface area contributed by atoms with Gasteiger partial charge >= 0.3 is 0 Å². The molecule has 0 saturated carbocycles. The van der Waals surface area contributed by atoms with Gasteiger partial charge in [-0.25, -0.2) is 4.98 Å². The van der Waals surface area contributed by atoms with E-state index >= 15 is 0 Å². The fourth-order valence-electron chi connectivity index (χ4n) is 2.40. The minimum absolute atomic E-state index is 0.905. The molecule has 106 valence electrons. The van der Waals surface area contributed by atoms with E-state index in [1.54, 1.807) is 11.3 Å². The van der Waals surface area contributed by atoms with E-state index in [0.29, 0.717) is 0 Å². The molecular formula is C18H16BrNS. The number of aromatic nitrogens is 1. The number of hydrogen-bond acceptors (Lipinski definition) is 2. The van der Waals surface area contributed by atoms with Crippen LogP contribution in [0.1, 0.15) is 21.0 Å². The Labute approximate surface area is 137 Å². The van der Waals surface area contributed by atoms with Gasteiger partial charge in [-0.1, -0.05) is 58.4 Å². The minimum atomic E-state index is 0.905. The smallest absolute Gasteiger partial charge is 0.0979 e. The summed E-state index contributed by atoms with van der Waals surface area (Å²) in [4.78, 5) is 6.13. The molecule has 0 saturated heterocycles. The van der Waals surface area contributed by atoms with E-state index in [1.165, 1.54) is 26.6 Å². The Morgan fingerprint density at radius 3 is 2.48 bits per heavy atom. The zero-order valence-electron chi connectivity index (χ0n) is 12.1. The van der Waals surface area contributed by atoms with Crippen LogP contribution in [0.3, 0.4) is 0 Å². The maximum Gasteiger partial charge on any atom is 0.0979 e. The molecule has 0 fully saturated rings. The first kappa shape index (κ1) is 14.5. The fraction of sp³-hybridized carbons (Fsp3) is 0.167. The van der Waals surface area contributed by atoms with Crippen LogP contribution in [0.4, 0.5) is 0 Å². The van der Waals surface area contributed by atoms with E-state index in [1.807, 2.05) is 6.07 Å². The molecule has 0 spiro atoms. The molecule has 0 unspecified atom stereocenters. The summed E-state index contributed by atoms with van der Waals surface area (Å²) in [6, 6.07) is 16.8. The van der Waals surface area contributed by atoms with Crippen LogP contribution in [0.2, 0.25) is 0 Å². The number of hydrogen-bond donors (Lipinski definition) is 0. The van der Waals surface area contributed by atoms with Crippen LogP contribution in [0.5, 0.6) is 0 Å². The summed E-state index contributed by atoms with van der Waals surface area (Å²) < 4.78 is 1.10. The second-order valence-corrected chi connectivity index (χ2v) is 7.24. The van der Waals surface area contributed by atoms with Crippen molar-refractivity contribution < 1.29 is 0 Å². The van der Waals surface area contributed by atoms with Crippen molar-refractivity contribution in [2.45, 2.75) is 20.3 Å². The minimum Gasteiger partial charge on any atom is -0.241 e. The maximum absolute atomic E-state index is 4.87. The Bertz CT molecular complexity index is 776. The molecule has 0 bridgehead atoms. The largest absolute Gasteiger partial charge is 0.241 e. The summed E-state index contributed by atoms with van der Waals surface area (Å²) in [5, 5.41) is 1.17. The topological polar surface area (TPSA) is 12.9 Å². The van der Waals surface area contributed by atoms with Gasteiger partial charge in [-0.15, -0.1) is 11.3 Å². The number of aryl methyl sites for hydroxylation is 2. The third-order valence-electron chi connectivity index (χ3n) is 3.57. The predicted octanol–water partition coefficient (Wildman–Crippen LogP) is 5.78. The van der Waals surface area contributed by atoms with Crippen LogP contribution in [0.25, 0.3) is 11.3 Å². The summed E-state index contributed by atoms with van der Waals surface area (Å²) in [6.45, 7) is 4.30.